The molecule has 2 rings (SSSR count). The third-order valence-electron chi connectivity index (χ3n) is 2.56. The highest BCUT2D eigenvalue weighted by Gasteiger charge is 2.17. The summed E-state index contributed by atoms with van der Waals surface area (Å²) < 4.78 is 27.2. The molecule has 0 unspecified atom stereocenters. The van der Waals surface area contributed by atoms with Crippen molar-refractivity contribution < 1.29 is 13.5 Å². The smallest absolute Gasteiger partial charge is 0.272 e. The van der Waals surface area contributed by atoms with E-state index in [-0.39, 0.29) is 16.6 Å². The molecule has 2 heterocycles. The molecule has 2 N–H and O–H groups in total. The van der Waals surface area contributed by atoms with Gasteiger partial charge in [-0.1, -0.05) is 18.8 Å². The van der Waals surface area contributed by atoms with Gasteiger partial charge in [0, 0.05) is 16.6 Å². The van der Waals surface area contributed by atoms with E-state index in [1.165, 1.54) is 23.6 Å². The van der Waals surface area contributed by atoms with Crippen LogP contribution in [0.2, 0.25) is 0 Å². The van der Waals surface area contributed by atoms with Crippen LogP contribution in [0.4, 0.5) is 5.82 Å². The number of nitrogens with one attached hydrogen (secondary N) is 1. The number of nitrogens with zero attached hydrogens (tertiary/aromatic N) is 1. The molecule has 0 saturated heterocycles. The zero-order chi connectivity index (χ0) is 15.3. The molecule has 7 heteroatoms. The molecule has 0 atom stereocenters. The molecule has 21 heavy (non-hydrogen) atoms. The predicted molar refractivity (Wildman–Crippen MR) is 82.7 cm³/mol. The fraction of sp³-hybridized carbons (Fsp3) is 0.214. The highest BCUT2D eigenvalue weighted by atomic mass is 32.2. The van der Waals surface area contributed by atoms with Crippen LogP contribution in [0.25, 0.3) is 0 Å². The summed E-state index contributed by atoms with van der Waals surface area (Å²) in [6, 6.07) is 6.55. The molecule has 0 saturated carbocycles. The number of sulfonamides is 1. The number of rotatable bonds is 4. The summed E-state index contributed by atoms with van der Waals surface area (Å²) in [6.45, 7) is 1.72. The van der Waals surface area contributed by atoms with Crippen molar-refractivity contribution in [2.75, 3.05) is 11.3 Å². The van der Waals surface area contributed by atoms with E-state index in [1.807, 2.05) is 6.92 Å². The number of aromatic nitrogens is 1. The second kappa shape index (κ2) is 6.72. The lowest BCUT2D eigenvalue weighted by Crippen LogP contribution is -2.12. The van der Waals surface area contributed by atoms with E-state index >= 15 is 0 Å². The second-order valence-corrected chi connectivity index (χ2v) is 7.15. The summed E-state index contributed by atoms with van der Waals surface area (Å²) in [5, 5.41) is 8.66. The Balaban J connectivity index is 2.24. The summed E-state index contributed by atoms with van der Waals surface area (Å²) in [5.41, 5.74) is 0.581. The Morgan fingerprint density at radius 2 is 2.19 bits per heavy atom. The number of anilines is 1. The van der Waals surface area contributed by atoms with E-state index in [9.17, 15) is 8.42 Å². The Morgan fingerprint density at radius 1 is 1.38 bits per heavy atom. The van der Waals surface area contributed by atoms with E-state index in [0.29, 0.717) is 5.56 Å². The van der Waals surface area contributed by atoms with E-state index < -0.39 is 10.0 Å². The van der Waals surface area contributed by atoms with E-state index in [2.05, 4.69) is 21.5 Å². The van der Waals surface area contributed by atoms with Crippen LogP contribution in [0.1, 0.15) is 17.4 Å². The van der Waals surface area contributed by atoms with Gasteiger partial charge in [-0.2, -0.15) is 0 Å². The third kappa shape index (κ3) is 4.04. The van der Waals surface area contributed by atoms with Gasteiger partial charge < -0.3 is 5.11 Å². The van der Waals surface area contributed by atoms with Crippen molar-refractivity contribution >= 4 is 27.2 Å². The molecular formula is C14H14N2O3S2. The molecule has 0 fully saturated rings. The maximum absolute atomic E-state index is 12.2. The van der Waals surface area contributed by atoms with Gasteiger partial charge in [0.25, 0.3) is 10.0 Å². The molecule has 0 radical (unpaired) electrons. The van der Waals surface area contributed by atoms with Gasteiger partial charge in [0.15, 0.2) is 0 Å². The van der Waals surface area contributed by atoms with Gasteiger partial charge in [-0.3, -0.25) is 4.72 Å². The van der Waals surface area contributed by atoms with Crippen LogP contribution in [0, 0.1) is 11.8 Å². The Bertz CT molecular complexity index is 786. The monoisotopic (exact) mass is 322 g/mol. The van der Waals surface area contributed by atoms with Crippen LogP contribution < -0.4 is 4.72 Å². The molecule has 0 bridgehead atoms. The van der Waals surface area contributed by atoms with Crippen molar-refractivity contribution in [2.24, 2.45) is 0 Å². The number of hydrogen-bond donors (Lipinski definition) is 2. The molecule has 110 valence electrons. The first-order valence-electron chi connectivity index (χ1n) is 6.22. The fourth-order valence-electron chi connectivity index (χ4n) is 1.59. The average Bonchev–Trinajstić information content (AvgIpc) is 2.95. The zero-order valence-electron chi connectivity index (χ0n) is 11.3. The van der Waals surface area contributed by atoms with Crippen LogP contribution in [-0.2, 0) is 16.4 Å². The minimum absolute atomic E-state index is 0.200. The van der Waals surface area contributed by atoms with Crippen LogP contribution >= 0.6 is 11.3 Å². The molecule has 0 aliphatic rings. The minimum Gasteiger partial charge on any atom is -0.384 e. The molecule has 0 amide bonds. The fourth-order valence-corrected chi connectivity index (χ4v) is 3.88. The average molecular weight is 322 g/mol. The Labute approximate surface area is 127 Å². The minimum atomic E-state index is -3.63. The zero-order valence-corrected chi connectivity index (χ0v) is 13.0. The second-order valence-electron chi connectivity index (χ2n) is 4.07. The summed E-state index contributed by atoms with van der Waals surface area (Å²) in [6.07, 6.45) is 2.26. The first kappa shape index (κ1) is 15.5. The summed E-state index contributed by atoms with van der Waals surface area (Å²) >= 11 is 1.24. The Morgan fingerprint density at radius 3 is 2.86 bits per heavy atom. The highest BCUT2D eigenvalue weighted by Crippen LogP contribution is 2.23. The van der Waals surface area contributed by atoms with Crippen molar-refractivity contribution in [2.45, 2.75) is 17.6 Å². The molecule has 0 aliphatic heterocycles. The topological polar surface area (TPSA) is 79.3 Å². The maximum atomic E-state index is 12.2. The molecule has 5 nitrogen and oxygen atoms in total. The Hall–Kier alpha value is -1.88. The summed E-state index contributed by atoms with van der Waals surface area (Å²) in [4.78, 5) is 4.97. The van der Waals surface area contributed by atoms with Crippen molar-refractivity contribution in [3.8, 4) is 11.8 Å². The van der Waals surface area contributed by atoms with Crippen molar-refractivity contribution in [1.82, 2.24) is 4.98 Å². The van der Waals surface area contributed by atoms with Crippen LogP contribution in [0.3, 0.4) is 0 Å². The predicted octanol–water partition coefficient (Wildman–Crippen LogP) is 1.85. The van der Waals surface area contributed by atoms with Gasteiger partial charge in [-0.15, -0.1) is 11.3 Å². The number of aryl methyl sites for hydroxylation is 1. The van der Waals surface area contributed by atoms with Gasteiger partial charge >= 0.3 is 0 Å². The number of aliphatic hydroxyl groups is 1. The molecule has 0 spiro atoms. The van der Waals surface area contributed by atoms with Gasteiger partial charge in [0.05, 0.1) is 0 Å². The number of pyridine rings is 1. The SMILES string of the molecule is CCc1ccc(S(=O)(=O)Nc2cc(C#CCO)ccn2)s1. The number of aliphatic hydroxyl groups excluding tert-OH is 1. The lowest BCUT2D eigenvalue weighted by atomic mass is 10.2. The summed E-state index contributed by atoms with van der Waals surface area (Å²) in [5.74, 6) is 5.40. The maximum Gasteiger partial charge on any atom is 0.272 e. The van der Waals surface area contributed by atoms with Gasteiger partial charge in [0.2, 0.25) is 0 Å². The van der Waals surface area contributed by atoms with Gasteiger partial charge in [0.1, 0.15) is 16.6 Å². The van der Waals surface area contributed by atoms with Crippen molar-refractivity contribution in [3.05, 3.63) is 40.9 Å². The van der Waals surface area contributed by atoms with Crippen LogP contribution in [0.15, 0.2) is 34.7 Å². The normalized spacial score (nSPS) is 10.8. The van der Waals surface area contributed by atoms with Crippen LogP contribution in [-0.4, -0.2) is 25.1 Å². The molecule has 2 aromatic heterocycles. The molecular weight excluding hydrogens is 308 g/mol. The molecule has 0 aliphatic carbocycles. The standard InChI is InChI=1S/C14H14N2O3S2/c1-2-12-5-6-14(20-12)21(18,19)16-13-10-11(4-3-9-17)7-8-15-13/h5-8,10,17H,2,9H2,1H3,(H,15,16). The van der Waals surface area contributed by atoms with E-state index in [0.717, 1.165) is 11.3 Å². The molecule has 2 aromatic rings. The summed E-state index contributed by atoms with van der Waals surface area (Å²) in [7, 11) is -3.63. The largest absolute Gasteiger partial charge is 0.384 e. The number of thiophene rings is 1. The lowest BCUT2D eigenvalue weighted by molar-refractivity contribution is 0.350. The van der Waals surface area contributed by atoms with Crippen molar-refractivity contribution in [3.63, 3.8) is 0 Å². The van der Waals surface area contributed by atoms with Gasteiger partial charge in [-0.25, -0.2) is 13.4 Å². The highest BCUT2D eigenvalue weighted by molar-refractivity contribution is 7.94. The first-order chi connectivity index (χ1) is 10.0. The van der Waals surface area contributed by atoms with Gasteiger partial charge in [-0.05, 0) is 30.7 Å². The number of hydrogen-bond acceptors (Lipinski definition) is 5. The first-order valence-corrected chi connectivity index (χ1v) is 8.52. The van der Waals surface area contributed by atoms with Crippen molar-refractivity contribution in [1.29, 1.82) is 0 Å². The van der Waals surface area contributed by atoms with E-state index in [4.69, 9.17) is 5.11 Å². The Kier molecular flexibility index (Phi) is 4.96. The van der Waals surface area contributed by atoms with Crippen LogP contribution in [0.5, 0.6) is 0 Å². The molecule has 0 aromatic carbocycles. The van der Waals surface area contributed by atoms with E-state index in [1.54, 1.807) is 18.2 Å². The lowest BCUT2D eigenvalue weighted by Gasteiger charge is -2.05. The quantitative estimate of drug-likeness (QED) is 0.842. The third-order valence-corrected chi connectivity index (χ3v) is 5.64.